The quantitative estimate of drug-likeness (QED) is 0.654. The summed E-state index contributed by atoms with van der Waals surface area (Å²) in [5.41, 5.74) is 5.41. The molecule has 0 saturated carbocycles. The molecular formula is C9H20N2O2. The normalized spacial score (nSPS) is 14.6. The SMILES string of the molecule is CN(C)CC(C)(C)CC(N)C(=O)O. The lowest BCUT2D eigenvalue weighted by atomic mass is 9.85. The van der Waals surface area contributed by atoms with E-state index in [-0.39, 0.29) is 5.41 Å². The molecule has 0 heterocycles. The summed E-state index contributed by atoms with van der Waals surface area (Å²) in [4.78, 5) is 12.6. The van der Waals surface area contributed by atoms with Gasteiger partial charge < -0.3 is 15.7 Å². The van der Waals surface area contributed by atoms with Gasteiger partial charge in [0.05, 0.1) is 0 Å². The van der Waals surface area contributed by atoms with Crippen LogP contribution in [0.25, 0.3) is 0 Å². The molecule has 78 valence electrons. The Labute approximate surface area is 79.7 Å². The number of carboxylic acids is 1. The summed E-state index contributed by atoms with van der Waals surface area (Å²) in [6.45, 7) is 4.89. The summed E-state index contributed by atoms with van der Waals surface area (Å²) >= 11 is 0. The summed E-state index contributed by atoms with van der Waals surface area (Å²) in [7, 11) is 3.93. The van der Waals surface area contributed by atoms with Gasteiger partial charge in [0.1, 0.15) is 6.04 Å². The van der Waals surface area contributed by atoms with Crippen LogP contribution in [-0.2, 0) is 4.79 Å². The third kappa shape index (κ3) is 5.60. The van der Waals surface area contributed by atoms with Crippen LogP contribution >= 0.6 is 0 Å². The predicted octanol–water partition coefficient (Wildman–Crippen LogP) is 0.376. The van der Waals surface area contributed by atoms with E-state index in [1.54, 1.807) is 0 Å². The zero-order valence-corrected chi connectivity index (χ0v) is 8.87. The average molecular weight is 188 g/mol. The highest BCUT2D eigenvalue weighted by Gasteiger charge is 2.25. The second kappa shape index (κ2) is 4.58. The van der Waals surface area contributed by atoms with E-state index in [1.165, 1.54) is 0 Å². The monoisotopic (exact) mass is 188 g/mol. The van der Waals surface area contributed by atoms with Gasteiger partial charge in [0.25, 0.3) is 0 Å². The first-order valence-electron chi connectivity index (χ1n) is 4.38. The van der Waals surface area contributed by atoms with Crippen molar-refractivity contribution in [3.63, 3.8) is 0 Å². The van der Waals surface area contributed by atoms with Crippen LogP contribution in [0, 0.1) is 5.41 Å². The van der Waals surface area contributed by atoms with E-state index in [2.05, 4.69) is 0 Å². The highest BCUT2D eigenvalue weighted by molar-refractivity contribution is 5.73. The molecule has 0 saturated heterocycles. The molecule has 0 radical (unpaired) electrons. The second-order valence-corrected chi connectivity index (χ2v) is 4.55. The Kier molecular flexibility index (Phi) is 4.36. The van der Waals surface area contributed by atoms with Crippen LogP contribution < -0.4 is 5.73 Å². The lowest BCUT2D eigenvalue weighted by molar-refractivity contribution is -0.139. The Bertz CT molecular complexity index is 178. The minimum atomic E-state index is -0.924. The Morgan fingerprint density at radius 3 is 2.31 bits per heavy atom. The van der Waals surface area contributed by atoms with E-state index in [0.29, 0.717) is 6.42 Å². The molecule has 13 heavy (non-hydrogen) atoms. The second-order valence-electron chi connectivity index (χ2n) is 4.55. The predicted molar refractivity (Wildman–Crippen MR) is 52.6 cm³/mol. The highest BCUT2D eigenvalue weighted by atomic mass is 16.4. The minimum absolute atomic E-state index is 0.0543. The summed E-state index contributed by atoms with van der Waals surface area (Å²) < 4.78 is 0. The van der Waals surface area contributed by atoms with Gasteiger partial charge in [-0.1, -0.05) is 13.8 Å². The Hall–Kier alpha value is -0.610. The number of nitrogens with two attached hydrogens (primary N) is 1. The van der Waals surface area contributed by atoms with Gasteiger partial charge in [-0.05, 0) is 25.9 Å². The first-order chi connectivity index (χ1) is 5.74. The standard InChI is InChI=1S/C9H20N2O2/c1-9(2,6-11(3)4)5-7(10)8(12)13/h7H,5-6,10H2,1-4H3,(H,12,13). The maximum atomic E-state index is 10.5. The van der Waals surface area contributed by atoms with Crippen molar-refractivity contribution in [3.05, 3.63) is 0 Å². The van der Waals surface area contributed by atoms with E-state index in [0.717, 1.165) is 6.54 Å². The topological polar surface area (TPSA) is 66.6 Å². The van der Waals surface area contributed by atoms with Crippen LogP contribution in [0.15, 0.2) is 0 Å². The fourth-order valence-electron chi connectivity index (χ4n) is 1.60. The number of rotatable bonds is 5. The van der Waals surface area contributed by atoms with Crippen LogP contribution in [-0.4, -0.2) is 42.7 Å². The number of carboxylic acid groups (broad SMARTS) is 1. The van der Waals surface area contributed by atoms with E-state index in [4.69, 9.17) is 10.8 Å². The summed E-state index contributed by atoms with van der Waals surface area (Å²) in [6, 6.07) is -0.755. The number of nitrogens with zero attached hydrogens (tertiary/aromatic N) is 1. The maximum Gasteiger partial charge on any atom is 0.320 e. The van der Waals surface area contributed by atoms with Gasteiger partial charge in [-0.3, -0.25) is 4.79 Å². The van der Waals surface area contributed by atoms with Crippen LogP contribution in [0.1, 0.15) is 20.3 Å². The van der Waals surface area contributed by atoms with Crippen molar-refractivity contribution < 1.29 is 9.90 Å². The Morgan fingerprint density at radius 1 is 1.54 bits per heavy atom. The van der Waals surface area contributed by atoms with Crippen molar-refractivity contribution in [3.8, 4) is 0 Å². The van der Waals surface area contributed by atoms with Crippen molar-refractivity contribution in [2.24, 2.45) is 11.1 Å². The molecule has 0 rings (SSSR count). The molecule has 1 unspecified atom stereocenters. The van der Waals surface area contributed by atoms with E-state index >= 15 is 0 Å². The molecule has 3 N–H and O–H groups in total. The summed E-state index contributed by atoms with van der Waals surface area (Å²) in [5, 5.41) is 8.64. The molecule has 0 bridgehead atoms. The lowest BCUT2D eigenvalue weighted by Gasteiger charge is -2.29. The molecule has 0 aromatic carbocycles. The molecule has 0 spiro atoms. The summed E-state index contributed by atoms with van der Waals surface area (Å²) in [6.07, 6.45) is 0.501. The first kappa shape index (κ1) is 12.4. The molecule has 0 aliphatic heterocycles. The van der Waals surface area contributed by atoms with Gasteiger partial charge in [-0.2, -0.15) is 0 Å². The fourth-order valence-corrected chi connectivity index (χ4v) is 1.60. The van der Waals surface area contributed by atoms with Crippen molar-refractivity contribution in [2.45, 2.75) is 26.3 Å². The lowest BCUT2D eigenvalue weighted by Crippen LogP contribution is -2.39. The average Bonchev–Trinajstić information content (AvgIpc) is 1.81. The van der Waals surface area contributed by atoms with Crippen molar-refractivity contribution in [1.29, 1.82) is 0 Å². The van der Waals surface area contributed by atoms with Crippen LogP contribution in [0.2, 0.25) is 0 Å². The fraction of sp³-hybridized carbons (Fsp3) is 0.889. The third-order valence-corrected chi connectivity index (χ3v) is 1.83. The van der Waals surface area contributed by atoms with Gasteiger partial charge in [0, 0.05) is 6.54 Å². The molecule has 4 heteroatoms. The van der Waals surface area contributed by atoms with E-state index in [1.807, 2.05) is 32.8 Å². The van der Waals surface area contributed by atoms with Gasteiger partial charge >= 0.3 is 5.97 Å². The molecule has 0 amide bonds. The van der Waals surface area contributed by atoms with Crippen LogP contribution in [0.4, 0.5) is 0 Å². The van der Waals surface area contributed by atoms with Gasteiger partial charge in [-0.25, -0.2) is 0 Å². The molecule has 0 fully saturated rings. The zero-order valence-electron chi connectivity index (χ0n) is 8.87. The van der Waals surface area contributed by atoms with Crippen molar-refractivity contribution in [2.75, 3.05) is 20.6 Å². The largest absolute Gasteiger partial charge is 0.480 e. The molecule has 0 aliphatic rings. The van der Waals surface area contributed by atoms with E-state index in [9.17, 15) is 4.79 Å². The van der Waals surface area contributed by atoms with Crippen LogP contribution in [0.5, 0.6) is 0 Å². The number of hydrogen-bond acceptors (Lipinski definition) is 3. The Balaban J connectivity index is 4.08. The Morgan fingerprint density at radius 2 is 2.00 bits per heavy atom. The molecule has 1 atom stereocenters. The number of hydrogen-bond donors (Lipinski definition) is 2. The summed E-state index contributed by atoms with van der Waals surface area (Å²) in [5.74, 6) is -0.924. The smallest absolute Gasteiger partial charge is 0.320 e. The first-order valence-corrected chi connectivity index (χ1v) is 4.38. The molecule has 0 aromatic rings. The van der Waals surface area contributed by atoms with E-state index < -0.39 is 12.0 Å². The number of carbonyl (C=O) groups is 1. The van der Waals surface area contributed by atoms with Gasteiger partial charge in [0.2, 0.25) is 0 Å². The van der Waals surface area contributed by atoms with Gasteiger partial charge in [-0.15, -0.1) is 0 Å². The molecular weight excluding hydrogens is 168 g/mol. The zero-order chi connectivity index (χ0) is 10.6. The maximum absolute atomic E-state index is 10.5. The molecule has 0 aromatic heterocycles. The van der Waals surface area contributed by atoms with Crippen LogP contribution in [0.3, 0.4) is 0 Å². The van der Waals surface area contributed by atoms with Crippen molar-refractivity contribution >= 4 is 5.97 Å². The van der Waals surface area contributed by atoms with Crippen molar-refractivity contribution in [1.82, 2.24) is 4.90 Å². The highest BCUT2D eigenvalue weighted by Crippen LogP contribution is 2.22. The third-order valence-electron chi connectivity index (χ3n) is 1.83. The molecule has 0 aliphatic carbocycles. The molecule has 4 nitrogen and oxygen atoms in total. The van der Waals surface area contributed by atoms with Gasteiger partial charge in [0.15, 0.2) is 0 Å². The number of aliphatic carboxylic acids is 1. The minimum Gasteiger partial charge on any atom is -0.480 e.